The van der Waals surface area contributed by atoms with E-state index in [0.29, 0.717) is 0 Å². The number of azide groups is 1. The van der Waals surface area contributed by atoms with Crippen molar-refractivity contribution in [3.05, 3.63) is 10.4 Å². The maximum absolute atomic E-state index is 9.84. The second-order valence-corrected chi connectivity index (χ2v) is 0.718. The summed E-state index contributed by atoms with van der Waals surface area (Å²) in [4.78, 5) is 12.0. The topological polar surface area (TPSA) is 114 Å². The van der Waals surface area contributed by atoms with Crippen LogP contribution in [0, 0.1) is 5.53 Å². The number of hydrogen-bond acceptors (Lipinski definition) is 3. The zero-order chi connectivity index (χ0) is 6.41. The zero-order valence-electron chi connectivity index (χ0n) is 3.70. The van der Waals surface area contributed by atoms with Gasteiger partial charge < -0.3 is 0 Å². The summed E-state index contributed by atoms with van der Waals surface area (Å²) >= 11 is 0. The van der Waals surface area contributed by atoms with Crippen LogP contribution in [0.4, 0.5) is 4.79 Å². The summed E-state index contributed by atoms with van der Waals surface area (Å²) in [5, 5.41) is 4.97. The fourth-order valence-electron chi connectivity index (χ4n) is 0.0901. The molecular formula is CH2N6O. The third-order valence-corrected chi connectivity index (χ3v) is 0.292. The first-order chi connectivity index (χ1) is 3.81. The number of urea groups is 1. The summed E-state index contributed by atoms with van der Waals surface area (Å²) in [5.41, 5.74) is 15.2. The number of carbonyl (C=O) groups is 1. The predicted octanol–water partition coefficient (Wildman–Crippen LogP) is 0.952. The summed E-state index contributed by atoms with van der Waals surface area (Å²) in [7, 11) is 0. The largest absolute Gasteiger partial charge is 0.453 e. The van der Waals surface area contributed by atoms with Gasteiger partial charge in [0.2, 0.25) is 0 Å². The first-order valence-corrected chi connectivity index (χ1v) is 1.52. The van der Waals surface area contributed by atoms with Crippen molar-refractivity contribution in [2.75, 3.05) is 0 Å². The molecule has 7 heteroatoms. The first-order valence-electron chi connectivity index (χ1n) is 1.52. The number of nitrogens with zero attached hydrogens (tertiary/aromatic N) is 4. The van der Waals surface area contributed by atoms with E-state index in [1.807, 2.05) is 0 Å². The molecule has 0 saturated carbocycles. The molecule has 8 heavy (non-hydrogen) atoms. The van der Waals surface area contributed by atoms with Gasteiger partial charge in [-0.05, 0) is 5.22 Å². The Labute approximate surface area is 43.8 Å². The van der Waals surface area contributed by atoms with Gasteiger partial charge in [-0.1, -0.05) is 5.11 Å². The fraction of sp³-hybridized carbons (Fsp3) is 0. The minimum atomic E-state index is -0.984. The van der Waals surface area contributed by atoms with Gasteiger partial charge in [-0.3, -0.25) is 0 Å². The van der Waals surface area contributed by atoms with E-state index in [1.165, 1.54) is 0 Å². The minimum Gasteiger partial charge on any atom is -0.216 e. The molecule has 0 aliphatic carbocycles. The molecule has 0 rings (SSSR count). The van der Waals surface area contributed by atoms with Gasteiger partial charge in [-0.2, -0.15) is 15.9 Å². The molecule has 42 valence electrons. The van der Waals surface area contributed by atoms with E-state index in [9.17, 15) is 4.79 Å². The Bertz CT molecular complexity index is 143. The molecule has 2 N–H and O–H groups in total. The van der Waals surface area contributed by atoms with E-state index < -0.39 is 6.03 Å². The standard InChI is InChI=1S/CH2N6O/c2-4-1(8)5-7-6-3/h2H,(H,5,8). The molecule has 0 atom stereocenters. The van der Waals surface area contributed by atoms with Crippen molar-refractivity contribution in [2.24, 2.45) is 10.3 Å². The van der Waals surface area contributed by atoms with Gasteiger partial charge in [0.15, 0.2) is 0 Å². The van der Waals surface area contributed by atoms with Crippen molar-refractivity contribution in [1.82, 2.24) is 5.43 Å². The molecule has 0 saturated heterocycles. The monoisotopic (exact) mass is 114 g/mol. The fourth-order valence-corrected chi connectivity index (χ4v) is 0.0901. The Morgan fingerprint density at radius 1 is 1.88 bits per heavy atom. The molecule has 0 aromatic carbocycles. The summed E-state index contributed by atoms with van der Waals surface area (Å²) in [6.07, 6.45) is 0. The van der Waals surface area contributed by atoms with Crippen LogP contribution in [-0.4, -0.2) is 6.03 Å². The molecule has 0 aliphatic rings. The van der Waals surface area contributed by atoms with Crippen molar-refractivity contribution in [2.45, 2.75) is 0 Å². The Morgan fingerprint density at radius 3 is 2.88 bits per heavy atom. The number of carbonyl (C=O) groups excluding carboxylic acids is 1. The molecule has 7 nitrogen and oxygen atoms in total. The lowest BCUT2D eigenvalue weighted by Crippen LogP contribution is -2.09. The summed E-state index contributed by atoms with van der Waals surface area (Å²) < 4.78 is 0. The van der Waals surface area contributed by atoms with Crippen molar-refractivity contribution < 1.29 is 4.79 Å². The van der Waals surface area contributed by atoms with Crippen molar-refractivity contribution in [3.8, 4) is 0 Å². The quantitative estimate of drug-likeness (QED) is 0.224. The molecule has 0 unspecified atom stereocenters. The van der Waals surface area contributed by atoms with Gasteiger partial charge >= 0.3 is 6.03 Å². The summed E-state index contributed by atoms with van der Waals surface area (Å²) in [5.74, 6) is 0. The first kappa shape index (κ1) is 6.38. The van der Waals surface area contributed by atoms with Crippen LogP contribution in [0.25, 0.3) is 10.4 Å². The molecule has 0 heterocycles. The Kier molecular flexibility index (Phi) is 2.84. The van der Waals surface area contributed by atoms with Crippen LogP contribution in [0.15, 0.2) is 10.3 Å². The molecule has 0 bridgehead atoms. The summed E-state index contributed by atoms with van der Waals surface area (Å²) in [6.45, 7) is 0. The third kappa shape index (κ3) is 2.61. The number of hydrogen-bond donors (Lipinski definition) is 2. The van der Waals surface area contributed by atoms with Gasteiger partial charge in [0.25, 0.3) is 0 Å². The molecule has 0 aliphatic heterocycles. The zero-order valence-corrected chi connectivity index (χ0v) is 3.70. The maximum Gasteiger partial charge on any atom is 0.453 e. The average Bonchev–Trinajstić information content (AvgIpc) is 1.83. The van der Waals surface area contributed by atoms with Crippen LogP contribution in [0.5, 0.6) is 0 Å². The Morgan fingerprint density at radius 2 is 2.50 bits per heavy atom. The number of nitrogens with one attached hydrogen (secondary N) is 2. The van der Waals surface area contributed by atoms with Crippen molar-refractivity contribution >= 4 is 6.03 Å². The van der Waals surface area contributed by atoms with Gasteiger partial charge in [-0.15, -0.1) is 5.53 Å². The van der Waals surface area contributed by atoms with Crippen LogP contribution in [0.3, 0.4) is 0 Å². The lowest BCUT2D eigenvalue weighted by Gasteiger charge is -1.76. The van der Waals surface area contributed by atoms with Crippen LogP contribution >= 0.6 is 0 Å². The van der Waals surface area contributed by atoms with E-state index >= 15 is 0 Å². The predicted molar refractivity (Wildman–Crippen MR) is 22.8 cm³/mol. The Hall–Kier alpha value is -1.62. The second-order valence-electron chi connectivity index (χ2n) is 0.718. The number of rotatable bonds is 1. The van der Waals surface area contributed by atoms with E-state index in [1.54, 1.807) is 5.43 Å². The van der Waals surface area contributed by atoms with Gasteiger partial charge in [0, 0.05) is 0 Å². The van der Waals surface area contributed by atoms with Crippen LogP contribution in [0.1, 0.15) is 0 Å². The molecule has 0 fully saturated rings. The minimum absolute atomic E-state index is 0.984. The average molecular weight is 114 g/mol. The SMILES string of the molecule is [N-]=[N+]=NNC(=O)N=N. The van der Waals surface area contributed by atoms with Gasteiger partial charge in [0.1, 0.15) is 0 Å². The smallest absolute Gasteiger partial charge is 0.216 e. The molecular weight excluding hydrogens is 112 g/mol. The normalized spacial score (nSPS) is 6.50. The van der Waals surface area contributed by atoms with Crippen LogP contribution < -0.4 is 5.43 Å². The third-order valence-electron chi connectivity index (χ3n) is 0.292. The molecule has 0 aromatic rings. The molecule has 0 spiro atoms. The number of amides is 2. The van der Waals surface area contributed by atoms with E-state index in [2.05, 4.69) is 15.2 Å². The van der Waals surface area contributed by atoms with E-state index in [-0.39, 0.29) is 0 Å². The summed E-state index contributed by atoms with van der Waals surface area (Å²) in [6, 6.07) is -0.984. The maximum atomic E-state index is 9.84. The van der Waals surface area contributed by atoms with Gasteiger partial charge in [0.05, 0.1) is 0 Å². The van der Waals surface area contributed by atoms with Gasteiger partial charge in [-0.25, -0.2) is 4.79 Å². The van der Waals surface area contributed by atoms with E-state index in [0.717, 1.165) is 0 Å². The highest BCUT2D eigenvalue weighted by Crippen LogP contribution is 1.69. The lowest BCUT2D eigenvalue weighted by atomic mass is 11.1. The van der Waals surface area contributed by atoms with Crippen LogP contribution in [0.2, 0.25) is 0 Å². The van der Waals surface area contributed by atoms with E-state index in [4.69, 9.17) is 11.1 Å². The molecule has 0 aromatic heterocycles. The van der Waals surface area contributed by atoms with Crippen LogP contribution in [-0.2, 0) is 0 Å². The van der Waals surface area contributed by atoms with Crippen molar-refractivity contribution in [3.63, 3.8) is 0 Å². The second kappa shape index (κ2) is 3.57. The highest BCUT2D eigenvalue weighted by Gasteiger charge is 1.93. The lowest BCUT2D eigenvalue weighted by molar-refractivity contribution is 0.247. The highest BCUT2D eigenvalue weighted by atomic mass is 16.2. The molecule has 2 amide bonds. The Balaban J connectivity index is 3.55. The molecule has 0 radical (unpaired) electrons. The highest BCUT2D eigenvalue weighted by molar-refractivity contribution is 5.73. The van der Waals surface area contributed by atoms with Crippen molar-refractivity contribution in [1.29, 1.82) is 5.53 Å².